The molecule has 2 N–H and O–H groups in total. The molecule has 1 amide bonds. The Balaban J connectivity index is 2.64. The zero-order valence-electron chi connectivity index (χ0n) is 12.5. The summed E-state index contributed by atoms with van der Waals surface area (Å²) in [5, 5.41) is 11.3. The molecule has 0 aromatic carbocycles. The molecule has 0 aliphatic carbocycles. The van der Waals surface area contributed by atoms with E-state index in [0.29, 0.717) is 25.8 Å². The van der Waals surface area contributed by atoms with Crippen LogP contribution in [0.4, 0.5) is 0 Å². The maximum absolute atomic E-state index is 12.2. The van der Waals surface area contributed by atoms with Crippen LogP contribution in [0.3, 0.4) is 0 Å². The highest BCUT2D eigenvalue weighted by Crippen LogP contribution is 2.22. The van der Waals surface area contributed by atoms with E-state index in [1.54, 1.807) is 0 Å². The van der Waals surface area contributed by atoms with Crippen LogP contribution in [0.2, 0.25) is 0 Å². The number of hydrogen-bond acceptors (Lipinski definition) is 4. The van der Waals surface area contributed by atoms with Crippen molar-refractivity contribution in [3.63, 3.8) is 0 Å². The quantitative estimate of drug-likeness (QED) is 0.674. The Kier molecular flexibility index (Phi) is 6.60. The normalized spacial score (nSPS) is 21.1. The highest BCUT2D eigenvalue weighted by molar-refractivity contribution is 7.89. The molecular weight excluding hydrogens is 296 g/mol. The third kappa shape index (κ3) is 4.96. The minimum Gasteiger partial charge on any atom is -0.481 e. The van der Waals surface area contributed by atoms with Gasteiger partial charge in [0.05, 0.1) is 11.7 Å². The number of hydrogen-bond donors (Lipinski definition) is 2. The number of carbonyl (C=O) groups is 2. The van der Waals surface area contributed by atoms with E-state index in [-0.39, 0.29) is 12.3 Å². The van der Waals surface area contributed by atoms with E-state index in [4.69, 9.17) is 5.11 Å². The number of unbranched alkanes of at least 4 members (excludes halogenated alkanes) is 1. The van der Waals surface area contributed by atoms with Gasteiger partial charge in [-0.05, 0) is 19.3 Å². The third-order valence-electron chi connectivity index (χ3n) is 3.62. The SMILES string of the molecule is CCCCS(=O)(=O)N1CCCC1C(=O)NCC(C)C(=O)O. The fourth-order valence-corrected chi connectivity index (χ4v) is 4.12. The Morgan fingerprint density at radius 1 is 1.43 bits per heavy atom. The third-order valence-corrected chi connectivity index (χ3v) is 5.58. The first kappa shape index (κ1) is 17.9. The van der Waals surface area contributed by atoms with E-state index in [0.717, 1.165) is 6.42 Å². The Labute approximate surface area is 125 Å². The molecule has 0 saturated carbocycles. The van der Waals surface area contributed by atoms with Crippen LogP contribution in [-0.2, 0) is 19.6 Å². The molecule has 1 aliphatic heterocycles. The number of aliphatic carboxylic acids is 1. The summed E-state index contributed by atoms with van der Waals surface area (Å²) in [5.74, 6) is -2.03. The standard InChI is InChI=1S/C13H24N2O5S/c1-3-4-8-21(19,20)15-7-5-6-11(15)12(16)14-9-10(2)13(17)18/h10-11H,3-9H2,1-2H3,(H,14,16)(H,17,18). The molecule has 122 valence electrons. The van der Waals surface area contributed by atoms with Crippen molar-refractivity contribution in [2.45, 2.75) is 45.6 Å². The van der Waals surface area contributed by atoms with Crippen LogP contribution >= 0.6 is 0 Å². The summed E-state index contributed by atoms with van der Waals surface area (Å²) in [6, 6.07) is -0.701. The van der Waals surface area contributed by atoms with Crippen LogP contribution in [0, 0.1) is 5.92 Å². The van der Waals surface area contributed by atoms with Gasteiger partial charge >= 0.3 is 5.97 Å². The van der Waals surface area contributed by atoms with Gasteiger partial charge in [0.25, 0.3) is 0 Å². The van der Waals surface area contributed by atoms with Gasteiger partial charge in [-0.3, -0.25) is 9.59 Å². The molecule has 0 aromatic heterocycles. The van der Waals surface area contributed by atoms with Gasteiger partial charge in [-0.2, -0.15) is 4.31 Å². The Morgan fingerprint density at radius 3 is 2.67 bits per heavy atom. The fourth-order valence-electron chi connectivity index (χ4n) is 2.24. The molecule has 1 saturated heterocycles. The minimum absolute atomic E-state index is 0.00745. The van der Waals surface area contributed by atoms with Gasteiger partial charge < -0.3 is 10.4 Å². The van der Waals surface area contributed by atoms with E-state index in [1.165, 1.54) is 11.2 Å². The number of carboxylic acids is 1. The van der Waals surface area contributed by atoms with Crippen LogP contribution in [-0.4, -0.2) is 54.6 Å². The lowest BCUT2D eigenvalue weighted by atomic mass is 10.1. The van der Waals surface area contributed by atoms with E-state index in [2.05, 4.69) is 5.32 Å². The molecule has 21 heavy (non-hydrogen) atoms. The second-order valence-corrected chi connectivity index (χ2v) is 7.46. The summed E-state index contributed by atoms with van der Waals surface area (Å²) in [4.78, 5) is 22.8. The van der Waals surface area contributed by atoms with Crippen LogP contribution in [0.5, 0.6) is 0 Å². The van der Waals surface area contributed by atoms with E-state index < -0.39 is 33.9 Å². The average molecular weight is 320 g/mol. The van der Waals surface area contributed by atoms with Crippen LogP contribution < -0.4 is 5.32 Å². The van der Waals surface area contributed by atoms with Gasteiger partial charge in [-0.25, -0.2) is 8.42 Å². The molecule has 0 radical (unpaired) electrons. The summed E-state index contributed by atoms with van der Waals surface area (Å²) in [7, 11) is -3.42. The number of carbonyl (C=O) groups excluding carboxylic acids is 1. The predicted octanol–water partition coefficient (Wildman–Crippen LogP) is 0.418. The Hall–Kier alpha value is -1.15. The van der Waals surface area contributed by atoms with Gasteiger partial charge in [0.2, 0.25) is 15.9 Å². The molecule has 7 nitrogen and oxygen atoms in total. The molecule has 0 bridgehead atoms. The number of rotatable bonds is 8. The molecule has 2 unspecified atom stereocenters. The first-order chi connectivity index (χ1) is 9.79. The number of sulfonamides is 1. The monoisotopic (exact) mass is 320 g/mol. The first-order valence-electron chi connectivity index (χ1n) is 7.29. The van der Waals surface area contributed by atoms with Crippen LogP contribution in [0.15, 0.2) is 0 Å². The second-order valence-electron chi connectivity index (χ2n) is 5.42. The van der Waals surface area contributed by atoms with Crippen molar-refractivity contribution in [3.8, 4) is 0 Å². The smallest absolute Gasteiger partial charge is 0.308 e. The van der Waals surface area contributed by atoms with E-state index >= 15 is 0 Å². The molecular formula is C13H24N2O5S. The average Bonchev–Trinajstić information content (AvgIpc) is 2.92. The summed E-state index contributed by atoms with van der Waals surface area (Å²) in [5.41, 5.74) is 0. The molecule has 1 rings (SSSR count). The summed E-state index contributed by atoms with van der Waals surface area (Å²) >= 11 is 0. The lowest BCUT2D eigenvalue weighted by Crippen LogP contribution is -2.47. The largest absolute Gasteiger partial charge is 0.481 e. The highest BCUT2D eigenvalue weighted by Gasteiger charge is 2.38. The lowest BCUT2D eigenvalue weighted by molar-refractivity contribution is -0.141. The highest BCUT2D eigenvalue weighted by atomic mass is 32.2. The number of nitrogens with one attached hydrogen (secondary N) is 1. The lowest BCUT2D eigenvalue weighted by Gasteiger charge is -2.23. The summed E-state index contributed by atoms with van der Waals surface area (Å²) < 4.78 is 25.7. The number of carboxylic acid groups (broad SMARTS) is 1. The predicted molar refractivity (Wildman–Crippen MR) is 78.2 cm³/mol. The van der Waals surface area contributed by atoms with Gasteiger partial charge in [0.1, 0.15) is 6.04 Å². The molecule has 1 heterocycles. The van der Waals surface area contributed by atoms with Crippen molar-refractivity contribution < 1.29 is 23.1 Å². The van der Waals surface area contributed by atoms with Crippen molar-refractivity contribution in [1.29, 1.82) is 0 Å². The van der Waals surface area contributed by atoms with E-state index in [1.807, 2.05) is 6.92 Å². The van der Waals surface area contributed by atoms with Crippen molar-refractivity contribution in [2.75, 3.05) is 18.8 Å². The first-order valence-corrected chi connectivity index (χ1v) is 8.90. The van der Waals surface area contributed by atoms with Crippen LogP contribution in [0.25, 0.3) is 0 Å². The fraction of sp³-hybridized carbons (Fsp3) is 0.846. The van der Waals surface area contributed by atoms with Gasteiger partial charge in [-0.15, -0.1) is 0 Å². The van der Waals surface area contributed by atoms with Crippen molar-refractivity contribution in [1.82, 2.24) is 9.62 Å². The molecule has 0 aromatic rings. The molecule has 0 spiro atoms. The Morgan fingerprint density at radius 2 is 2.10 bits per heavy atom. The molecule has 8 heteroatoms. The molecule has 1 aliphatic rings. The maximum Gasteiger partial charge on any atom is 0.308 e. The Bertz CT molecular complexity index is 477. The van der Waals surface area contributed by atoms with E-state index in [9.17, 15) is 18.0 Å². The zero-order chi connectivity index (χ0) is 16.0. The van der Waals surface area contributed by atoms with Gasteiger partial charge in [0.15, 0.2) is 0 Å². The van der Waals surface area contributed by atoms with Crippen molar-refractivity contribution in [3.05, 3.63) is 0 Å². The number of nitrogens with zero attached hydrogens (tertiary/aromatic N) is 1. The topological polar surface area (TPSA) is 104 Å². The van der Waals surface area contributed by atoms with Gasteiger partial charge in [0, 0.05) is 13.1 Å². The van der Waals surface area contributed by atoms with Crippen molar-refractivity contribution in [2.24, 2.45) is 5.92 Å². The van der Waals surface area contributed by atoms with Crippen LogP contribution in [0.1, 0.15) is 39.5 Å². The molecule has 1 fully saturated rings. The van der Waals surface area contributed by atoms with Crippen molar-refractivity contribution >= 4 is 21.9 Å². The zero-order valence-corrected chi connectivity index (χ0v) is 13.4. The molecule has 2 atom stereocenters. The summed E-state index contributed by atoms with van der Waals surface area (Å²) in [6.45, 7) is 3.77. The minimum atomic E-state index is -3.42. The second kappa shape index (κ2) is 7.74. The maximum atomic E-state index is 12.2. The number of amides is 1. The summed E-state index contributed by atoms with van der Waals surface area (Å²) in [6.07, 6.45) is 2.49. The van der Waals surface area contributed by atoms with Gasteiger partial charge in [-0.1, -0.05) is 20.3 Å².